The van der Waals surface area contributed by atoms with Gasteiger partial charge >= 0.3 is 0 Å². The van der Waals surface area contributed by atoms with Crippen LogP contribution in [0.1, 0.15) is 6.42 Å². The van der Waals surface area contributed by atoms with Crippen molar-refractivity contribution in [3.8, 4) is 0 Å². The molecule has 1 rings (SSSR count). The number of hydrogen-bond acceptors (Lipinski definition) is 2. The van der Waals surface area contributed by atoms with Gasteiger partial charge in [-0.15, -0.1) is 0 Å². The van der Waals surface area contributed by atoms with Crippen molar-refractivity contribution >= 4 is 40.4 Å². The van der Waals surface area contributed by atoms with Crippen LogP contribution in [0.15, 0.2) is 18.2 Å². The van der Waals surface area contributed by atoms with Crippen LogP contribution in [0, 0.1) is 5.82 Å². The van der Waals surface area contributed by atoms with Crippen LogP contribution in [0.25, 0.3) is 0 Å². The van der Waals surface area contributed by atoms with Crippen molar-refractivity contribution in [1.82, 2.24) is 0 Å². The van der Waals surface area contributed by atoms with E-state index in [4.69, 9.17) is 17.3 Å². The van der Waals surface area contributed by atoms with Crippen molar-refractivity contribution in [2.45, 2.75) is 6.42 Å². The molecule has 0 heterocycles. The summed E-state index contributed by atoms with van der Waals surface area (Å²) in [6, 6.07) is 4.32. The SMILES string of the molecule is NC(=S)CC(=O)Nc1cccc(Cl)c1F. The fourth-order valence-corrected chi connectivity index (χ4v) is 1.26. The number of nitrogens with one attached hydrogen (secondary N) is 1. The van der Waals surface area contributed by atoms with Crippen molar-refractivity contribution in [2.75, 3.05) is 5.32 Å². The first kappa shape index (κ1) is 11.9. The van der Waals surface area contributed by atoms with E-state index in [2.05, 4.69) is 17.5 Å². The molecule has 15 heavy (non-hydrogen) atoms. The van der Waals surface area contributed by atoms with E-state index >= 15 is 0 Å². The van der Waals surface area contributed by atoms with Crippen LogP contribution < -0.4 is 11.1 Å². The summed E-state index contributed by atoms with van der Waals surface area (Å²) in [5.74, 6) is -1.14. The Bertz CT molecular complexity index is 411. The monoisotopic (exact) mass is 246 g/mol. The summed E-state index contributed by atoms with van der Waals surface area (Å²) in [6.07, 6.45) is -0.124. The third kappa shape index (κ3) is 3.45. The number of anilines is 1. The summed E-state index contributed by atoms with van der Waals surface area (Å²) in [5.41, 5.74) is 5.18. The molecule has 3 N–H and O–H groups in total. The van der Waals surface area contributed by atoms with E-state index in [1.54, 1.807) is 0 Å². The zero-order chi connectivity index (χ0) is 11.4. The van der Waals surface area contributed by atoms with Crippen molar-refractivity contribution in [3.63, 3.8) is 0 Å². The van der Waals surface area contributed by atoms with Crippen molar-refractivity contribution in [1.29, 1.82) is 0 Å². The molecule has 0 aliphatic rings. The number of amides is 1. The number of benzene rings is 1. The fourth-order valence-electron chi connectivity index (χ4n) is 0.953. The lowest BCUT2D eigenvalue weighted by Gasteiger charge is -2.06. The molecule has 6 heteroatoms. The third-order valence-corrected chi connectivity index (χ3v) is 2.00. The number of halogens is 2. The quantitative estimate of drug-likeness (QED) is 0.803. The van der Waals surface area contributed by atoms with Gasteiger partial charge in [0.05, 0.1) is 22.1 Å². The van der Waals surface area contributed by atoms with Gasteiger partial charge in [-0.2, -0.15) is 0 Å². The Kier molecular flexibility index (Phi) is 3.99. The molecule has 0 aromatic heterocycles. The summed E-state index contributed by atoms with van der Waals surface area (Å²) < 4.78 is 13.3. The second kappa shape index (κ2) is 5.04. The molecule has 3 nitrogen and oxygen atoms in total. The maximum absolute atomic E-state index is 13.3. The van der Waals surface area contributed by atoms with Crippen LogP contribution in [0.3, 0.4) is 0 Å². The first-order valence-electron chi connectivity index (χ1n) is 4.03. The standard InChI is InChI=1S/C9H8ClFN2OS/c10-5-2-1-3-6(9(5)11)13-8(14)4-7(12)15/h1-3H,4H2,(H2,12,15)(H,13,14). The lowest BCUT2D eigenvalue weighted by atomic mass is 10.3. The highest BCUT2D eigenvalue weighted by Crippen LogP contribution is 2.21. The van der Waals surface area contributed by atoms with Gasteiger partial charge in [0, 0.05) is 0 Å². The highest BCUT2D eigenvalue weighted by Gasteiger charge is 2.09. The molecule has 1 aromatic rings. The first-order valence-corrected chi connectivity index (χ1v) is 4.81. The smallest absolute Gasteiger partial charge is 0.231 e. The minimum absolute atomic E-state index is 0.0174. The van der Waals surface area contributed by atoms with Gasteiger partial charge in [0.15, 0.2) is 5.82 Å². The molecule has 0 bridgehead atoms. The Labute approximate surface area is 96.4 Å². The number of rotatable bonds is 3. The number of carbonyl (C=O) groups excluding carboxylic acids is 1. The van der Waals surface area contributed by atoms with E-state index in [9.17, 15) is 9.18 Å². The number of nitrogens with two attached hydrogens (primary N) is 1. The number of carbonyl (C=O) groups is 1. The van der Waals surface area contributed by atoms with Gasteiger partial charge in [0.2, 0.25) is 5.91 Å². The van der Waals surface area contributed by atoms with E-state index in [1.165, 1.54) is 18.2 Å². The largest absolute Gasteiger partial charge is 0.393 e. The van der Waals surface area contributed by atoms with Crippen molar-refractivity contribution in [2.24, 2.45) is 5.73 Å². The maximum Gasteiger partial charge on any atom is 0.231 e. The molecule has 0 aliphatic heterocycles. The molecule has 0 unspecified atom stereocenters. The Morgan fingerprint density at radius 2 is 2.27 bits per heavy atom. The molecular weight excluding hydrogens is 239 g/mol. The second-order valence-corrected chi connectivity index (χ2v) is 3.72. The molecule has 1 amide bonds. The summed E-state index contributed by atoms with van der Waals surface area (Å²) in [6.45, 7) is 0. The average molecular weight is 247 g/mol. The zero-order valence-corrected chi connectivity index (χ0v) is 9.16. The number of hydrogen-bond donors (Lipinski definition) is 2. The maximum atomic E-state index is 13.3. The van der Waals surface area contributed by atoms with Crippen LogP contribution in [-0.2, 0) is 4.79 Å². The average Bonchev–Trinajstić information content (AvgIpc) is 2.11. The van der Waals surface area contributed by atoms with Gasteiger partial charge in [0.1, 0.15) is 0 Å². The molecule has 0 aliphatic carbocycles. The van der Waals surface area contributed by atoms with E-state index in [0.717, 1.165) is 0 Å². The zero-order valence-electron chi connectivity index (χ0n) is 7.59. The molecule has 0 radical (unpaired) electrons. The van der Waals surface area contributed by atoms with E-state index in [0.29, 0.717) is 0 Å². The highest BCUT2D eigenvalue weighted by atomic mass is 35.5. The molecule has 0 spiro atoms. The Morgan fingerprint density at radius 3 is 2.87 bits per heavy atom. The van der Waals surface area contributed by atoms with Crippen LogP contribution in [0.4, 0.5) is 10.1 Å². The molecular formula is C9H8ClFN2OS. The van der Waals surface area contributed by atoms with Gasteiger partial charge in [-0.3, -0.25) is 4.79 Å². The summed E-state index contributed by atoms with van der Waals surface area (Å²) >= 11 is 10.1. The minimum atomic E-state index is -0.671. The van der Waals surface area contributed by atoms with Crippen LogP contribution in [0.5, 0.6) is 0 Å². The topological polar surface area (TPSA) is 55.1 Å². The van der Waals surface area contributed by atoms with Gasteiger partial charge in [-0.1, -0.05) is 29.9 Å². The summed E-state index contributed by atoms with van der Waals surface area (Å²) in [7, 11) is 0. The fraction of sp³-hybridized carbons (Fsp3) is 0.111. The lowest BCUT2D eigenvalue weighted by molar-refractivity contribution is -0.115. The van der Waals surface area contributed by atoms with Crippen LogP contribution in [0.2, 0.25) is 5.02 Å². The van der Waals surface area contributed by atoms with E-state index < -0.39 is 11.7 Å². The normalized spacial score (nSPS) is 9.73. The third-order valence-electron chi connectivity index (χ3n) is 1.56. The van der Waals surface area contributed by atoms with Crippen LogP contribution in [-0.4, -0.2) is 10.9 Å². The molecule has 0 fully saturated rings. The molecule has 0 atom stereocenters. The molecule has 1 aromatic carbocycles. The van der Waals surface area contributed by atoms with Gasteiger partial charge in [-0.05, 0) is 12.1 Å². The lowest BCUT2D eigenvalue weighted by Crippen LogP contribution is -2.20. The van der Waals surface area contributed by atoms with E-state index in [1.807, 2.05) is 0 Å². The van der Waals surface area contributed by atoms with Crippen molar-refractivity contribution < 1.29 is 9.18 Å². The Balaban J connectivity index is 2.77. The highest BCUT2D eigenvalue weighted by molar-refractivity contribution is 7.80. The van der Waals surface area contributed by atoms with Gasteiger partial charge in [-0.25, -0.2) is 4.39 Å². The van der Waals surface area contributed by atoms with Gasteiger partial charge < -0.3 is 11.1 Å². The molecule has 0 saturated carbocycles. The van der Waals surface area contributed by atoms with Crippen LogP contribution >= 0.6 is 23.8 Å². The Morgan fingerprint density at radius 1 is 1.60 bits per heavy atom. The summed E-state index contributed by atoms with van der Waals surface area (Å²) in [5, 5.41) is 2.26. The summed E-state index contributed by atoms with van der Waals surface area (Å²) in [4.78, 5) is 11.2. The predicted molar refractivity (Wildman–Crippen MR) is 61.4 cm³/mol. The van der Waals surface area contributed by atoms with E-state index in [-0.39, 0.29) is 22.1 Å². The molecule has 80 valence electrons. The molecule has 0 saturated heterocycles. The second-order valence-electron chi connectivity index (χ2n) is 2.79. The number of thiocarbonyl (C=S) groups is 1. The first-order chi connectivity index (χ1) is 7.00. The van der Waals surface area contributed by atoms with Crippen molar-refractivity contribution in [3.05, 3.63) is 29.0 Å². The minimum Gasteiger partial charge on any atom is -0.393 e. The Hall–Kier alpha value is -1.20. The predicted octanol–water partition coefficient (Wildman–Crippen LogP) is 2.09. The van der Waals surface area contributed by atoms with Gasteiger partial charge in [0.25, 0.3) is 0 Å².